The van der Waals surface area contributed by atoms with E-state index in [1.807, 2.05) is 0 Å². The van der Waals surface area contributed by atoms with E-state index in [9.17, 15) is 18.0 Å². The third kappa shape index (κ3) is 3.97. The average Bonchev–Trinajstić information content (AvgIpc) is 3.21. The molecule has 0 spiro atoms. The van der Waals surface area contributed by atoms with Crippen molar-refractivity contribution < 1.29 is 18.0 Å². The Morgan fingerprint density at radius 1 is 1.30 bits per heavy atom. The maximum atomic E-state index is 13.2. The Bertz CT molecular complexity index is 979. The highest BCUT2D eigenvalue weighted by molar-refractivity contribution is 6.32. The molecule has 6 nitrogen and oxygen atoms in total. The van der Waals surface area contributed by atoms with Crippen molar-refractivity contribution in [2.24, 2.45) is 0 Å². The zero-order valence-corrected chi connectivity index (χ0v) is 15.1. The number of hydrogen-bond donors (Lipinski definition) is 1. The van der Waals surface area contributed by atoms with E-state index in [1.54, 1.807) is 25.1 Å². The van der Waals surface area contributed by atoms with E-state index in [2.05, 4.69) is 15.3 Å². The Labute approximate surface area is 157 Å². The lowest BCUT2D eigenvalue weighted by molar-refractivity contribution is -0.141. The van der Waals surface area contributed by atoms with Crippen LogP contribution in [0.15, 0.2) is 36.4 Å². The molecule has 3 rings (SSSR count). The van der Waals surface area contributed by atoms with Gasteiger partial charge in [0.1, 0.15) is 5.69 Å². The van der Waals surface area contributed by atoms with Crippen LogP contribution in [0.1, 0.15) is 27.6 Å². The number of carbonyl (C=O) groups is 1. The van der Waals surface area contributed by atoms with Gasteiger partial charge in [-0.2, -0.15) is 23.4 Å². The average molecular weight is 398 g/mol. The zero-order chi connectivity index (χ0) is 19.8. The number of aromatic nitrogens is 4. The maximum absolute atomic E-state index is 13.2. The van der Waals surface area contributed by atoms with Gasteiger partial charge in [-0.05, 0) is 25.1 Å². The monoisotopic (exact) mass is 397 g/mol. The van der Waals surface area contributed by atoms with Crippen LogP contribution in [-0.2, 0) is 12.7 Å². The third-order valence-corrected chi connectivity index (χ3v) is 4.12. The first kappa shape index (κ1) is 19.0. The predicted molar refractivity (Wildman–Crippen MR) is 92.7 cm³/mol. The number of benzene rings is 1. The summed E-state index contributed by atoms with van der Waals surface area (Å²) in [6, 6.07) is 8.70. The van der Waals surface area contributed by atoms with Crippen molar-refractivity contribution in [3.05, 3.63) is 64.2 Å². The molecular formula is C17H15ClF3N5O. The van der Waals surface area contributed by atoms with Crippen LogP contribution in [-0.4, -0.2) is 37.8 Å². The quantitative estimate of drug-likeness (QED) is 0.727. The SMILES string of the molecule is Cc1cc(CN(C)C(=O)c2cc(C(F)(F)F)nn2-c2ccccc2Cl)n[nH]1. The molecule has 0 fully saturated rings. The van der Waals surface area contributed by atoms with E-state index in [0.29, 0.717) is 5.69 Å². The molecule has 0 bridgehead atoms. The number of aryl methyl sites for hydroxylation is 1. The van der Waals surface area contributed by atoms with Crippen LogP contribution in [0.25, 0.3) is 5.69 Å². The smallest absolute Gasteiger partial charge is 0.334 e. The number of carbonyl (C=O) groups excluding carboxylic acids is 1. The van der Waals surface area contributed by atoms with Gasteiger partial charge in [0, 0.05) is 18.8 Å². The molecule has 1 amide bonds. The van der Waals surface area contributed by atoms with Gasteiger partial charge in [0.05, 0.1) is 22.9 Å². The second-order valence-corrected chi connectivity index (χ2v) is 6.39. The number of nitrogens with zero attached hydrogens (tertiary/aromatic N) is 4. The molecule has 142 valence electrons. The van der Waals surface area contributed by atoms with Gasteiger partial charge in [-0.1, -0.05) is 23.7 Å². The lowest BCUT2D eigenvalue weighted by Gasteiger charge is -2.17. The van der Waals surface area contributed by atoms with Crippen LogP contribution in [0.3, 0.4) is 0 Å². The summed E-state index contributed by atoms with van der Waals surface area (Å²) < 4.78 is 40.4. The topological polar surface area (TPSA) is 66.8 Å². The largest absolute Gasteiger partial charge is 0.435 e. The Morgan fingerprint density at radius 2 is 2.00 bits per heavy atom. The van der Waals surface area contributed by atoms with Gasteiger partial charge in [-0.3, -0.25) is 9.89 Å². The Balaban J connectivity index is 2.01. The van der Waals surface area contributed by atoms with E-state index in [4.69, 9.17) is 11.6 Å². The van der Waals surface area contributed by atoms with Gasteiger partial charge in [0.15, 0.2) is 5.69 Å². The van der Waals surface area contributed by atoms with E-state index in [1.165, 1.54) is 24.1 Å². The highest BCUT2D eigenvalue weighted by Gasteiger charge is 2.36. The second kappa shape index (κ2) is 7.07. The summed E-state index contributed by atoms with van der Waals surface area (Å²) >= 11 is 6.09. The van der Waals surface area contributed by atoms with Crippen molar-refractivity contribution in [2.45, 2.75) is 19.6 Å². The third-order valence-electron chi connectivity index (χ3n) is 3.80. The number of nitrogens with one attached hydrogen (secondary N) is 1. The molecule has 0 atom stereocenters. The second-order valence-electron chi connectivity index (χ2n) is 5.98. The van der Waals surface area contributed by atoms with Crippen molar-refractivity contribution in [1.82, 2.24) is 24.9 Å². The van der Waals surface area contributed by atoms with Crippen molar-refractivity contribution in [1.29, 1.82) is 0 Å². The van der Waals surface area contributed by atoms with Crippen molar-refractivity contribution in [2.75, 3.05) is 7.05 Å². The zero-order valence-electron chi connectivity index (χ0n) is 14.4. The number of H-pyrrole nitrogens is 1. The first-order chi connectivity index (χ1) is 12.7. The van der Waals surface area contributed by atoms with Crippen LogP contribution in [0.5, 0.6) is 0 Å². The number of aromatic amines is 1. The molecule has 2 heterocycles. The van der Waals surface area contributed by atoms with Gasteiger partial charge >= 0.3 is 6.18 Å². The van der Waals surface area contributed by atoms with Crippen molar-refractivity contribution in [3.63, 3.8) is 0 Å². The van der Waals surface area contributed by atoms with Crippen LogP contribution in [0.2, 0.25) is 5.02 Å². The Kier molecular flexibility index (Phi) is 4.97. The highest BCUT2D eigenvalue weighted by atomic mass is 35.5. The van der Waals surface area contributed by atoms with Crippen LogP contribution >= 0.6 is 11.6 Å². The number of rotatable bonds is 4. The molecule has 10 heteroatoms. The summed E-state index contributed by atoms with van der Waals surface area (Å²) in [4.78, 5) is 14.1. The van der Waals surface area contributed by atoms with Gasteiger partial charge in [-0.25, -0.2) is 4.68 Å². The van der Waals surface area contributed by atoms with Gasteiger partial charge in [0.25, 0.3) is 5.91 Å². The van der Waals surface area contributed by atoms with Gasteiger partial charge < -0.3 is 4.90 Å². The fourth-order valence-electron chi connectivity index (χ4n) is 2.54. The summed E-state index contributed by atoms with van der Waals surface area (Å²) in [5, 5.41) is 10.5. The minimum Gasteiger partial charge on any atom is -0.334 e. The van der Waals surface area contributed by atoms with Crippen molar-refractivity contribution in [3.8, 4) is 5.69 Å². The normalized spacial score (nSPS) is 11.6. The molecule has 1 N–H and O–H groups in total. The number of hydrogen-bond acceptors (Lipinski definition) is 3. The minimum absolute atomic E-state index is 0.123. The first-order valence-electron chi connectivity index (χ1n) is 7.85. The maximum Gasteiger partial charge on any atom is 0.435 e. The van der Waals surface area contributed by atoms with Crippen LogP contribution in [0, 0.1) is 6.92 Å². The molecule has 0 unspecified atom stereocenters. The molecule has 0 aliphatic rings. The molecular weight excluding hydrogens is 383 g/mol. The van der Waals surface area contributed by atoms with Crippen molar-refractivity contribution >= 4 is 17.5 Å². The molecule has 0 aliphatic heterocycles. The van der Waals surface area contributed by atoms with Gasteiger partial charge in [-0.15, -0.1) is 0 Å². The first-order valence-corrected chi connectivity index (χ1v) is 8.23. The van der Waals surface area contributed by atoms with Crippen LogP contribution in [0.4, 0.5) is 13.2 Å². The number of para-hydroxylation sites is 1. The lowest BCUT2D eigenvalue weighted by atomic mass is 10.2. The summed E-state index contributed by atoms with van der Waals surface area (Å²) in [5.74, 6) is -0.640. The van der Waals surface area contributed by atoms with Crippen LogP contribution < -0.4 is 0 Å². The Morgan fingerprint density at radius 3 is 2.59 bits per heavy atom. The number of alkyl halides is 3. The fraction of sp³-hybridized carbons (Fsp3) is 0.235. The number of halogens is 4. The van der Waals surface area contributed by atoms with E-state index < -0.39 is 17.8 Å². The molecule has 0 saturated heterocycles. The highest BCUT2D eigenvalue weighted by Crippen LogP contribution is 2.31. The Hall–Kier alpha value is -2.81. The molecule has 0 saturated carbocycles. The molecule has 1 aromatic carbocycles. The summed E-state index contributed by atoms with van der Waals surface area (Å²) in [6.07, 6.45) is -4.70. The minimum atomic E-state index is -4.70. The standard InChI is InChI=1S/C17H15ClF3N5O/c1-10-7-11(23-22-10)9-25(2)16(27)14-8-15(17(19,20)21)24-26(14)13-6-4-3-5-12(13)18/h3-8H,9H2,1-2H3,(H,22,23). The number of amides is 1. The lowest BCUT2D eigenvalue weighted by Crippen LogP contribution is -2.28. The van der Waals surface area contributed by atoms with E-state index in [-0.39, 0.29) is 22.9 Å². The van der Waals surface area contributed by atoms with E-state index >= 15 is 0 Å². The summed E-state index contributed by atoms with van der Waals surface area (Å²) in [7, 11) is 1.48. The predicted octanol–water partition coefficient (Wildman–Crippen LogP) is 3.85. The fourth-order valence-corrected chi connectivity index (χ4v) is 2.76. The summed E-state index contributed by atoms with van der Waals surface area (Å²) in [5.41, 5.74) is 0.163. The molecule has 0 radical (unpaired) electrons. The molecule has 27 heavy (non-hydrogen) atoms. The summed E-state index contributed by atoms with van der Waals surface area (Å²) in [6.45, 7) is 1.93. The molecule has 3 aromatic rings. The van der Waals surface area contributed by atoms with Gasteiger partial charge in [0.2, 0.25) is 0 Å². The van der Waals surface area contributed by atoms with E-state index in [0.717, 1.165) is 16.4 Å². The molecule has 2 aromatic heterocycles. The molecule has 0 aliphatic carbocycles.